The highest BCUT2D eigenvalue weighted by molar-refractivity contribution is 5.63. The first-order chi connectivity index (χ1) is 11.2. The van der Waals surface area contributed by atoms with Crippen molar-refractivity contribution in [1.82, 2.24) is 19.6 Å². The molecule has 1 saturated heterocycles. The second-order valence-electron chi connectivity index (χ2n) is 5.91. The van der Waals surface area contributed by atoms with Gasteiger partial charge in [0.2, 0.25) is 0 Å². The largest absolute Gasteiger partial charge is 0.377 e. The molecule has 1 aliphatic heterocycles. The third kappa shape index (κ3) is 2.55. The van der Waals surface area contributed by atoms with E-state index in [0.29, 0.717) is 6.04 Å². The van der Waals surface area contributed by atoms with Gasteiger partial charge in [0.25, 0.3) is 0 Å². The summed E-state index contributed by atoms with van der Waals surface area (Å²) in [4.78, 5) is 11.0. The summed E-state index contributed by atoms with van der Waals surface area (Å²) in [6.45, 7) is 6.48. The van der Waals surface area contributed by atoms with Crippen LogP contribution in [0.1, 0.15) is 12.6 Å². The summed E-state index contributed by atoms with van der Waals surface area (Å²) in [6.07, 6.45) is 3.68. The van der Waals surface area contributed by atoms with Gasteiger partial charge in [-0.1, -0.05) is 0 Å². The maximum absolute atomic E-state index is 5.52. The Morgan fingerprint density at radius 2 is 2.13 bits per heavy atom. The van der Waals surface area contributed by atoms with Crippen LogP contribution < -0.4 is 4.90 Å². The van der Waals surface area contributed by atoms with Crippen molar-refractivity contribution in [3.05, 3.63) is 42.4 Å². The normalized spacial score (nSPS) is 18.5. The van der Waals surface area contributed by atoms with E-state index in [1.54, 1.807) is 0 Å². The van der Waals surface area contributed by atoms with Crippen molar-refractivity contribution >= 4 is 11.5 Å². The molecule has 4 heterocycles. The average Bonchev–Trinajstić information content (AvgIpc) is 2.98. The Bertz CT molecular complexity index is 844. The van der Waals surface area contributed by atoms with E-state index >= 15 is 0 Å². The highest BCUT2D eigenvalue weighted by atomic mass is 16.5. The molecule has 0 N–H and O–H groups in total. The monoisotopic (exact) mass is 309 g/mol. The van der Waals surface area contributed by atoms with Crippen molar-refractivity contribution in [2.24, 2.45) is 0 Å². The van der Waals surface area contributed by atoms with Crippen LogP contribution in [0.3, 0.4) is 0 Å². The lowest BCUT2D eigenvalue weighted by Gasteiger charge is -2.34. The third-order valence-corrected chi connectivity index (χ3v) is 4.20. The summed E-state index contributed by atoms with van der Waals surface area (Å²) in [7, 11) is 0. The van der Waals surface area contributed by atoms with E-state index < -0.39 is 0 Å². The van der Waals surface area contributed by atoms with Crippen LogP contribution in [0, 0.1) is 6.92 Å². The zero-order valence-electron chi connectivity index (χ0n) is 13.3. The molecule has 3 aromatic rings. The van der Waals surface area contributed by atoms with E-state index in [4.69, 9.17) is 9.84 Å². The van der Waals surface area contributed by atoms with Crippen LogP contribution in [0.2, 0.25) is 0 Å². The number of hydrogen-bond donors (Lipinski definition) is 0. The van der Waals surface area contributed by atoms with Crippen molar-refractivity contribution in [3.8, 4) is 11.3 Å². The van der Waals surface area contributed by atoms with Gasteiger partial charge in [0, 0.05) is 24.0 Å². The third-order valence-electron chi connectivity index (χ3n) is 4.20. The van der Waals surface area contributed by atoms with Gasteiger partial charge in [-0.2, -0.15) is 0 Å². The molecule has 0 amide bonds. The van der Waals surface area contributed by atoms with Gasteiger partial charge in [0.05, 0.1) is 31.1 Å². The number of aromatic nitrogens is 4. The molecule has 0 spiro atoms. The molecule has 3 aromatic heterocycles. The number of morpholine rings is 1. The Hall–Kier alpha value is -2.47. The van der Waals surface area contributed by atoms with E-state index in [1.807, 2.05) is 42.0 Å². The maximum Gasteiger partial charge on any atom is 0.154 e. The van der Waals surface area contributed by atoms with Crippen LogP contribution in [-0.4, -0.2) is 45.4 Å². The van der Waals surface area contributed by atoms with Crippen LogP contribution in [0.5, 0.6) is 0 Å². The van der Waals surface area contributed by atoms with Crippen molar-refractivity contribution in [1.29, 1.82) is 0 Å². The number of ether oxygens (including phenoxy) is 1. The second kappa shape index (κ2) is 5.62. The fourth-order valence-corrected chi connectivity index (χ4v) is 2.99. The average molecular weight is 309 g/mol. The zero-order chi connectivity index (χ0) is 15.8. The van der Waals surface area contributed by atoms with Gasteiger partial charge >= 0.3 is 0 Å². The number of nitrogens with zero attached hydrogens (tertiary/aromatic N) is 5. The molecule has 0 saturated carbocycles. The molecular weight excluding hydrogens is 290 g/mol. The van der Waals surface area contributed by atoms with Crippen molar-refractivity contribution in [2.45, 2.75) is 19.9 Å². The standard InChI is InChI=1S/C17H19N5O/c1-12-9-14(5-6-18-12)15-10-19-16-3-4-17(20-22(15)16)21-7-8-23-11-13(21)2/h3-6,9-10,13H,7-8,11H2,1-2H3. The molecule has 4 rings (SSSR count). The highest BCUT2D eigenvalue weighted by Crippen LogP contribution is 2.23. The minimum absolute atomic E-state index is 0.323. The summed E-state index contributed by atoms with van der Waals surface area (Å²) in [6, 6.07) is 8.41. The first-order valence-corrected chi connectivity index (χ1v) is 7.84. The van der Waals surface area contributed by atoms with E-state index in [9.17, 15) is 0 Å². The Morgan fingerprint density at radius 1 is 1.22 bits per heavy atom. The van der Waals surface area contributed by atoms with E-state index in [0.717, 1.165) is 48.2 Å². The molecule has 0 aliphatic carbocycles. The first-order valence-electron chi connectivity index (χ1n) is 7.84. The maximum atomic E-state index is 5.52. The number of imidazole rings is 1. The fraction of sp³-hybridized carbons (Fsp3) is 0.353. The van der Waals surface area contributed by atoms with Gasteiger partial charge in [-0.3, -0.25) is 4.98 Å². The molecule has 0 bridgehead atoms. The summed E-state index contributed by atoms with van der Waals surface area (Å²) in [5, 5.41) is 4.82. The number of rotatable bonds is 2. The number of hydrogen-bond acceptors (Lipinski definition) is 5. The number of anilines is 1. The molecule has 23 heavy (non-hydrogen) atoms. The second-order valence-corrected chi connectivity index (χ2v) is 5.91. The van der Waals surface area contributed by atoms with Gasteiger partial charge in [0.1, 0.15) is 5.82 Å². The number of fused-ring (bicyclic) bond motifs is 1. The molecule has 1 aliphatic rings. The predicted molar refractivity (Wildman–Crippen MR) is 88.6 cm³/mol. The minimum atomic E-state index is 0.323. The summed E-state index contributed by atoms with van der Waals surface area (Å²) < 4.78 is 7.43. The van der Waals surface area contributed by atoms with Crippen molar-refractivity contribution < 1.29 is 4.74 Å². The Morgan fingerprint density at radius 3 is 2.96 bits per heavy atom. The van der Waals surface area contributed by atoms with Gasteiger partial charge in [-0.25, -0.2) is 9.50 Å². The van der Waals surface area contributed by atoms with Crippen LogP contribution in [0.4, 0.5) is 5.82 Å². The van der Waals surface area contributed by atoms with Crippen LogP contribution in [0.15, 0.2) is 36.7 Å². The summed E-state index contributed by atoms with van der Waals surface area (Å²) in [5.74, 6) is 0.957. The van der Waals surface area contributed by atoms with Crippen LogP contribution >= 0.6 is 0 Å². The van der Waals surface area contributed by atoms with Gasteiger partial charge < -0.3 is 9.64 Å². The molecule has 0 aromatic carbocycles. The number of pyridine rings is 1. The van der Waals surface area contributed by atoms with Crippen LogP contribution in [-0.2, 0) is 4.74 Å². The summed E-state index contributed by atoms with van der Waals surface area (Å²) in [5.41, 5.74) is 3.88. The smallest absolute Gasteiger partial charge is 0.154 e. The lowest BCUT2D eigenvalue weighted by atomic mass is 10.2. The van der Waals surface area contributed by atoms with Gasteiger partial charge in [0.15, 0.2) is 5.65 Å². The van der Waals surface area contributed by atoms with E-state index in [-0.39, 0.29) is 0 Å². The van der Waals surface area contributed by atoms with E-state index in [2.05, 4.69) is 27.9 Å². The Labute approximate surface area is 134 Å². The summed E-state index contributed by atoms with van der Waals surface area (Å²) >= 11 is 0. The Kier molecular flexibility index (Phi) is 3.46. The topological polar surface area (TPSA) is 55.5 Å². The quantitative estimate of drug-likeness (QED) is 0.727. The Balaban J connectivity index is 1.80. The molecular formula is C17H19N5O. The molecule has 1 atom stereocenters. The molecule has 1 unspecified atom stereocenters. The van der Waals surface area contributed by atoms with Gasteiger partial charge in [-0.05, 0) is 38.1 Å². The minimum Gasteiger partial charge on any atom is -0.377 e. The van der Waals surface area contributed by atoms with Gasteiger partial charge in [-0.15, -0.1) is 5.10 Å². The predicted octanol–water partition coefficient (Wildman–Crippen LogP) is 2.32. The molecule has 1 fully saturated rings. The molecule has 118 valence electrons. The fourth-order valence-electron chi connectivity index (χ4n) is 2.99. The van der Waals surface area contributed by atoms with Crippen molar-refractivity contribution in [2.75, 3.05) is 24.7 Å². The number of aryl methyl sites for hydroxylation is 1. The molecule has 6 heteroatoms. The SMILES string of the molecule is Cc1cc(-c2cnc3ccc(N4CCOCC4C)nn23)ccn1. The van der Waals surface area contributed by atoms with Crippen molar-refractivity contribution in [3.63, 3.8) is 0 Å². The molecule has 0 radical (unpaired) electrons. The lowest BCUT2D eigenvalue weighted by Crippen LogP contribution is -2.44. The van der Waals surface area contributed by atoms with Crippen LogP contribution in [0.25, 0.3) is 16.9 Å². The lowest BCUT2D eigenvalue weighted by molar-refractivity contribution is 0.0984. The zero-order valence-corrected chi connectivity index (χ0v) is 13.3. The van der Waals surface area contributed by atoms with E-state index in [1.165, 1.54) is 0 Å². The first kappa shape index (κ1) is 14.1. The highest BCUT2D eigenvalue weighted by Gasteiger charge is 2.21. The molecule has 6 nitrogen and oxygen atoms in total.